The highest BCUT2D eigenvalue weighted by molar-refractivity contribution is 9.10. The Morgan fingerprint density at radius 1 is 0.833 bits per heavy atom. The summed E-state index contributed by atoms with van der Waals surface area (Å²) in [6, 6.07) is 16.9. The molecule has 1 aliphatic carbocycles. The number of halogens is 1. The molecule has 86 valence electrons. The maximum Gasteiger partial charge on any atom is 0.0490 e. The van der Waals surface area contributed by atoms with Crippen LogP contribution in [0.25, 0.3) is 33.0 Å². The van der Waals surface area contributed by atoms with Crippen LogP contribution in [0.2, 0.25) is 0 Å². The lowest BCUT2D eigenvalue weighted by Crippen LogP contribution is -1.89. The second-order valence-corrected chi connectivity index (χ2v) is 5.40. The molecule has 2 heteroatoms. The zero-order valence-electron chi connectivity index (χ0n) is 9.57. The summed E-state index contributed by atoms with van der Waals surface area (Å²) < 4.78 is 1.01. The summed E-state index contributed by atoms with van der Waals surface area (Å²) in [5, 5.41) is 2.51. The van der Waals surface area contributed by atoms with Gasteiger partial charge in [-0.05, 0) is 49.5 Å². The van der Waals surface area contributed by atoms with Gasteiger partial charge in [0, 0.05) is 15.7 Å². The predicted molar refractivity (Wildman–Crippen MR) is 80.5 cm³/mol. The van der Waals surface area contributed by atoms with E-state index in [9.17, 15) is 0 Å². The molecule has 1 nitrogen and oxygen atoms in total. The highest BCUT2D eigenvalue weighted by Gasteiger charge is 2.23. The number of benzene rings is 3. The van der Waals surface area contributed by atoms with Crippen molar-refractivity contribution in [3.05, 3.63) is 53.0 Å². The van der Waals surface area contributed by atoms with Gasteiger partial charge >= 0.3 is 0 Å². The fourth-order valence-corrected chi connectivity index (χ4v) is 3.39. The predicted octanol–water partition coefficient (Wildman–Crippen LogP) is 4.83. The summed E-state index contributed by atoms with van der Waals surface area (Å²) in [6.45, 7) is 0. The summed E-state index contributed by atoms with van der Waals surface area (Å²) in [4.78, 5) is 0. The Morgan fingerprint density at radius 2 is 1.56 bits per heavy atom. The molecule has 0 bridgehead atoms. The average molecular weight is 296 g/mol. The van der Waals surface area contributed by atoms with Crippen molar-refractivity contribution in [3.63, 3.8) is 0 Å². The molecule has 2 N–H and O–H groups in total. The molecule has 1 aliphatic rings. The molecule has 3 aromatic rings. The van der Waals surface area contributed by atoms with Crippen LogP contribution >= 0.6 is 15.9 Å². The van der Waals surface area contributed by atoms with Gasteiger partial charge in [0.1, 0.15) is 0 Å². The van der Waals surface area contributed by atoms with Crippen molar-refractivity contribution >= 4 is 32.4 Å². The first kappa shape index (κ1) is 10.2. The zero-order chi connectivity index (χ0) is 12.3. The lowest BCUT2D eigenvalue weighted by Gasteiger charge is -2.08. The van der Waals surface area contributed by atoms with Crippen LogP contribution < -0.4 is 5.73 Å². The van der Waals surface area contributed by atoms with Crippen molar-refractivity contribution < 1.29 is 0 Å². The van der Waals surface area contributed by atoms with Crippen molar-refractivity contribution in [2.45, 2.75) is 0 Å². The van der Waals surface area contributed by atoms with Crippen LogP contribution in [0.15, 0.2) is 53.0 Å². The molecule has 18 heavy (non-hydrogen) atoms. The Labute approximate surface area is 113 Å². The minimum Gasteiger partial charge on any atom is -0.398 e. The number of nitrogens with two attached hydrogens (primary N) is 1. The highest BCUT2D eigenvalue weighted by atomic mass is 79.9. The summed E-state index contributed by atoms with van der Waals surface area (Å²) in [5.74, 6) is 0. The van der Waals surface area contributed by atoms with Crippen LogP contribution in [0.5, 0.6) is 0 Å². The molecule has 4 rings (SSSR count). The highest BCUT2D eigenvalue weighted by Crippen LogP contribution is 2.51. The quantitative estimate of drug-likeness (QED) is 0.462. The number of fused-ring (bicyclic) bond motifs is 3. The molecule has 3 aromatic carbocycles. The summed E-state index contributed by atoms with van der Waals surface area (Å²) in [7, 11) is 0. The SMILES string of the molecule is Nc1cc2cccc3c2c(c1Br)-c1ccccc1-3. The van der Waals surface area contributed by atoms with E-state index < -0.39 is 0 Å². The molecule has 0 aliphatic heterocycles. The van der Waals surface area contributed by atoms with Crippen molar-refractivity contribution in [3.8, 4) is 22.3 Å². The van der Waals surface area contributed by atoms with E-state index in [4.69, 9.17) is 5.73 Å². The monoisotopic (exact) mass is 295 g/mol. The van der Waals surface area contributed by atoms with E-state index in [0.29, 0.717) is 0 Å². The Hall–Kier alpha value is -1.80. The lowest BCUT2D eigenvalue weighted by molar-refractivity contribution is 1.66. The smallest absolute Gasteiger partial charge is 0.0490 e. The van der Waals surface area contributed by atoms with Crippen LogP contribution in [-0.2, 0) is 0 Å². The van der Waals surface area contributed by atoms with Gasteiger partial charge in [0.2, 0.25) is 0 Å². The Morgan fingerprint density at radius 3 is 2.39 bits per heavy atom. The van der Waals surface area contributed by atoms with Crippen LogP contribution in [-0.4, -0.2) is 0 Å². The Kier molecular flexibility index (Phi) is 1.90. The van der Waals surface area contributed by atoms with Crippen LogP contribution in [0, 0.1) is 0 Å². The third-order valence-electron chi connectivity index (χ3n) is 3.62. The molecule has 0 spiro atoms. The first-order chi connectivity index (χ1) is 8.77. The number of anilines is 1. The van der Waals surface area contributed by atoms with E-state index in [1.807, 2.05) is 6.07 Å². The molecule has 0 aromatic heterocycles. The van der Waals surface area contributed by atoms with Gasteiger partial charge in [-0.15, -0.1) is 0 Å². The molecule has 0 radical (unpaired) electrons. The first-order valence-corrected chi connectivity index (χ1v) is 6.67. The van der Waals surface area contributed by atoms with Gasteiger partial charge in [-0.25, -0.2) is 0 Å². The standard InChI is InChI=1S/C16H10BrN/c17-16-13(18)8-9-4-3-7-11-10-5-1-2-6-12(10)15(16)14(9)11/h1-8H,18H2. The number of hydrogen-bond donors (Lipinski definition) is 1. The molecule has 0 saturated heterocycles. The fraction of sp³-hybridized carbons (Fsp3) is 0. The number of nitrogen functional groups attached to an aromatic ring is 1. The fourth-order valence-electron chi connectivity index (χ4n) is 2.87. The van der Waals surface area contributed by atoms with Crippen LogP contribution in [0.4, 0.5) is 5.69 Å². The van der Waals surface area contributed by atoms with Crippen LogP contribution in [0.1, 0.15) is 0 Å². The molecule has 0 saturated carbocycles. The van der Waals surface area contributed by atoms with E-state index in [2.05, 4.69) is 58.4 Å². The Balaban J connectivity index is 2.33. The second-order valence-electron chi connectivity index (χ2n) is 4.60. The van der Waals surface area contributed by atoms with Crippen molar-refractivity contribution in [1.29, 1.82) is 0 Å². The van der Waals surface area contributed by atoms with E-state index in [1.165, 1.54) is 33.0 Å². The number of hydrogen-bond acceptors (Lipinski definition) is 1. The molecule has 0 unspecified atom stereocenters. The second kappa shape index (κ2) is 3.36. The van der Waals surface area contributed by atoms with Crippen molar-refractivity contribution in [2.75, 3.05) is 5.73 Å². The molecule has 0 atom stereocenters. The molecular weight excluding hydrogens is 286 g/mol. The van der Waals surface area contributed by atoms with Gasteiger partial charge in [0.25, 0.3) is 0 Å². The van der Waals surface area contributed by atoms with Gasteiger partial charge in [-0.1, -0.05) is 42.5 Å². The molecule has 0 amide bonds. The summed E-state index contributed by atoms with van der Waals surface area (Å²) >= 11 is 3.64. The maximum atomic E-state index is 6.10. The molecular formula is C16H10BrN. The van der Waals surface area contributed by atoms with E-state index >= 15 is 0 Å². The van der Waals surface area contributed by atoms with Crippen molar-refractivity contribution in [1.82, 2.24) is 0 Å². The Bertz CT molecular complexity index is 806. The third-order valence-corrected chi connectivity index (χ3v) is 4.47. The molecule has 0 fully saturated rings. The lowest BCUT2D eigenvalue weighted by atomic mass is 10.0. The van der Waals surface area contributed by atoms with Gasteiger partial charge in [-0.3, -0.25) is 0 Å². The van der Waals surface area contributed by atoms with Crippen LogP contribution in [0.3, 0.4) is 0 Å². The summed E-state index contributed by atoms with van der Waals surface area (Å²) in [6.07, 6.45) is 0. The number of rotatable bonds is 0. The van der Waals surface area contributed by atoms with E-state index in [-0.39, 0.29) is 0 Å². The summed E-state index contributed by atoms with van der Waals surface area (Å²) in [5.41, 5.74) is 12.0. The third kappa shape index (κ3) is 1.11. The minimum atomic E-state index is 0.798. The topological polar surface area (TPSA) is 26.0 Å². The van der Waals surface area contributed by atoms with Crippen molar-refractivity contribution in [2.24, 2.45) is 0 Å². The van der Waals surface area contributed by atoms with Gasteiger partial charge in [0.15, 0.2) is 0 Å². The normalized spacial score (nSPS) is 11.8. The zero-order valence-corrected chi connectivity index (χ0v) is 11.2. The van der Waals surface area contributed by atoms with E-state index in [0.717, 1.165) is 10.2 Å². The maximum absolute atomic E-state index is 6.10. The van der Waals surface area contributed by atoms with Gasteiger partial charge in [0.05, 0.1) is 0 Å². The van der Waals surface area contributed by atoms with Gasteiger partial charge in [-0.2, -0.15) is 0 Å². The minimum absolute atomic E-state index is 0.798. The molecule has 0 heterocycles. The van der Waals surface area contributed by atoms with Gasteiger partial charge < -0.3 is 5.73 Å². The average Bonchev–Trinajstić information content (AvgIpc) is 2.73. The first-order valence-electron chi connectivity index (χ1n) is 5.88. The van der Waals surface area contributed by atoms with E-state index in [1.54, 1.807) is 0 Å². The largest absolute Gasteiger partial charge is 0.398 e.